The second-order valence-electron chi connectivity index (χ2n) is 8.34. The lowest BCUT2D eigenvalue weighted by atomic mass is 10.1. The molecule has 0 saturated heterocycles. The highest BCUT2D eigenvalue weighted by Gasteiger charge is 2.30. The molecule has 0 aromatic heterocycles. The molecule has 0 aliphatic carbocycles. The summed E-state index contributed by atoms with van der Waals surface area (Å²) in [4.78, 5) is 71.2. The topological polar surface area (TPSA) is 253 Å². The van der Waals surface area contributed by atoms with Gasteiger partial charge < -0.3 is 42.5 Å². The minimum Gasteiger partial charge on any atom is -0.481 e. The molecule has 16 heteroatoms. The van der Waals surface area contributed by atoms with Crippen molar-refractivity contribution >= 4 is 54.7 Å². The number of benzene rings is 1. The summed E-state index contributed by atoms with van der Waals surface area (Å²) in [5, 5.41) is 37.6. The van der Waals surface area contributed by atoms with Gasteiger partial charge in [-0.05, 0) is 24.0 Å². The minimum absolute atomic E-state index is 0.0456. The maximum Gasteiger partial charge on any atom is 0.327 e. The summed E-state index contributed by atoms with van der Waals surface area (Å²) < 4.78 is 0. The molecule has 0 spiro atoms. The van der Waals surface area contributed by atoms with E-state index in [0.717, 1.165) is 5.56 Å². The fourth-order valence-corrected chi connectivity index (χ4v) is 3.52. The maximum absolute atomic E-state index is 13.0. The Labute approximate surface area is 229 Å². The Bertz CT molecular complexity index is 1040. The lowest BCUT2D eigenvalue weighted by Gasteiger charge is -2.23. The largest absolute Gasteiger partial charge is 0.481 e. The quantitative estimate of drug-likeness (QED) is 0.0298. The van der Waals surface area contributed by atoms with Crippen LogP contribution in [0.3, 0.4) is 0 Å². The number of guanidine groups is 1. The smallest absolute Gasteiger partial charge is 0.327 e. The number of carbonyl (C=O) groups is 6. The van der Waals surface area contributed by atoms with Crippen molar-refractivity contribution in [1.29, 1.82) is 5.41 Å². The molecule has 0 aliphatic heterocycles. The predicted molar refractivity (Wildman–Crippen MR) is 142 cm³/mol. The minimum atomic E-state index is -1.63. The Morgan fingerprint density at radius 1 is 0.949 bits per heavy atom. The van der Waals surface area contributed by atoms with Gasteiger partial charge in [0.1, 0.15) is 18.1 Å². The van der Waals surface area contributed by atoms with Crippen molar-refractivity contribution in [2.24, 2.45) is 5.73 Å². The molecule has 0 unspecified atom stereocenters. The number of carboxylic acids is 2. The van der Waals surface area contributed by atoms with Gasteiger partial charge in [-0.1, -0.05) is 24.3 Å². The summed E-state index contributed by atoms with van der Waals surface area (Å²) in [7, 11) is 0. The first-order valence-corrected chi connectivity index (χ1v) is 12.4. The fraction of sp³-hybridized carbons (Fsp3) is 0.435. The molecule has 1 aromatic carbocycles. The van der Waals surface area contributed by atoms with Crippen LogP contribution in [0.5, 0.6) is 0 Å². The van der Waals surface area contributed by atoms with Crippen LogP contribution in [0.25, 0.3) is 0 Å². The van der Waals surface area contributed by atoms with E-state index in [-0.39, 0.29) is 37.5 Å². The van der Waals surface area contributed by atoms with Crippen LogP contribution < -0.4 is 32.3 Å². The zero-order valence-corrected chi connectivity index (χ0v) is 21.8. The third kappa shape index (κ3) is 13.1. The molecule has 15 nitrogen and oxygen atoms in total. The normalized spacial score (nSPS) is 12.6. The number of hydrogen-bond donors (Lipinski definition) is 10. The molecule has 0 aliphatic rings. The molecule has 10 N–H and O–H groups in total. The SMILES string of the molecule is N=C(N)NCCC[C@H](NC(=O)Cc1ccc(CNC=O)cc1)C(=O)N[C@@H](CC(=O)O)C(=O)N[C@@H](CS)C(=O)O. The van der Waals surface area contributed by atoms with Crippen LogP contribution in [-0.2, 0) is 41.7 Å². The molecule has 0 radical (unpaired) electrons. The molecule has 0 heterocycles. The van der Waals surface area contributed by atoms with Gasteiger partial charge in [0.15, 0.2) is 5.96 Å². The number of nitrogens with two attached hydrogens (primary N) is 1. The average Bonchev–Trinajstić information content (AvgIpc) is 2.87. The summed E-state index contributed by atoms with van der Waals surface area (Å²) in [6.45, 7) is 0.519. The average molecular weight is 568 g/mol. The highest BCUT2D eigenvalue weighted by Crippen LogP contribution is 2.07. The van der Waals surface area contributed by atoms with E-state index in [2.05, 4.69) is 39.2 Å². The molecule has 39 heavy (non-hydrogen) atoms. The van der Waals surface area contributed by atoms with E-state index in [1.54, 1.807) is 24.3 Å². The van der Waals surface area contributed by atoms with E-state index in [4.69, 9.17) is 16.2 Å². The van der Waals surface area contributed by atoms with Gasteiger partial charge in [0.05, 0.1) is 12.8 Å². The van der Waals surface area contributed by atoms with Crippen molar-refractivity contribution < 1.29 is 39.0 Å². The standard InChI is InChI=1S/C23H33N7O8S/c24-23(25)27-7-1-2-15(28-18(32)8-13-3-5-14(6-4-13)10-26-12-31)20(35)29-16(9-19(33)34)21(36)30-17(11-39)22(37)38/h3-6,12,15-17,39H,1-2,7-11H2,(H,26,31)(H,28,32)(H,29,35)(H,30,36)(H,33,34)(H,37,38)(H4,24,25,27)/t15-,16-,17-/m0/s1. The third-order valence-electron chi connectivity index (χ3n) is 5.22. The number of carboxylic acid groups (broad SMARTS) is 2. The lowest BCUT2D eigenvalue weighted by molar-refractivity contribution is -0.143. The molecular formula is C23H33N7O8S. The number of hydrogen-bond acceptors (Lipinski definition) is 8. The monoisotopic (exact) mass is 567 g/mol. The van der Waals surface area contributed by atoms with Gasteiger partial charge in [-0.25, -0.2) is 4.79 Å². The van der Waals surface area contributed by atoms with Crippen molar-refractivity contribution in [1.82, 2.24) is 26.6 Å². The van der Waals surface area contributed by atoms with Crippen LogP contribution in [0.1, 0.15) is 30.4 Å². The number of thiol groups is 1. The molecule has 1 rings (SSSR count). The van der Waals surface area contributed by atoms with Crippen molar-refractivity contribution in [3.8, 4) is 0 Å². The maximum atomic E-state index is 13.0. The van der Waals surface area contributed by atoms with Gasteiger partial charge in [0, 0.05) is 18.8 Å². The van der Waals surface area contributed by atoms with Crippen LogP contribution >= 0.6 is 12.6 Å². The summed E-state index contributed by atoms with van der Waals surface area (Å²) in [5.41, 5.74) is 6.68. The second-order valence-corrected chi connectivity index (χ2v) is 8.70. The number of aliphatic carboxylic acids is 2. The van der Waals surface area contributed by atoms with E-state index in [1.807, 2.05) is 0 Å². The molecule has 0 fully saturated rings. The van der Waals surface area contributed by atoms with E-state index in [0.29, 0.717) is 18.5 Å². The van der Waals surface area contributed by atoms with Crippen molar-refractivity contribution in [2.75, 3.05) is 12.3 Å². The Balaban J connectivity index is 2.97. The summed E-state index contributed by atoms with van der Waals surface area (Å²) in [6.07, 6.45) is -0.0582. The van der Waals surface area contributed by atoms with Crippen molar-refractivity contribution in [3.63, 3.8) is 0 Å². The summed E-state index contributed by atoms with van der Waals surface area (Å²) >= 11 is 3.84. The summed E-state index contributed by atoms with van der Waals surface area (Å²) in [6, 6.07) is 2.58. The van der Waals surface area contributed by atoms with Gasteiger partial charge in [0.2, 0.25) is 24.1 Å². The number of carbonyl (C=O) groups excluding carboxylic acids is 4. The number of nitrogens with one attached hydrogen (secondary N) is 6. The van der Waals surface area contributed by atoms with Gasteiger partial charge >= 0.3 is 11.9 Å². The zero-order valence-electron chi connectivity index (χ0n) is 20.9. The van der Waals surface area contributed by atoms with Crippen molar-refractivity contribution in [2.45, 2.75) is 50.4 Å². The Morgan fingerprint density at radius 2 is 1.54 bits per heavy atom. The Morgan fingerprint density at radius 3 is 2.08 bits per heavy atom. The Hall–Kier alpha value is -4.34. The molecule has 3 atom stereocenters. The molecule has 4 amide bonds. The first kappa shape index (κ1) is 32.7. The van der Waals surface area contributed by atoms with Crippen LogP contribution in [0.4, 0.5) is 0 Å². The van der Waals surface area contributed by atoms with Crippen molar-refractivity contribution in [3.05, 3.63) is 35.4 Å². The zero-order chi connectivity index (χ0) is 29.4. The molecular weight excluding hydrogens is 534 g/mol. The number of rotatable bonds is 18. The van der Waals surface area contributed by atoms with E-state index < -0.39 is 54.2 Å². The Kier molecular flexibility index (Phi) is 14.4. The number of amides is 4. The highest BCUT2D eigenvalue weighted by atomic mass is 32.1. The van der Waals surface area contributed by atoms with Gasteiger partial charge in [-0.15, -0.1) is 0 Å². The van der Waals surface area contributed by atoms with Gasteiger partial charge in [-0.3, -0.25) is 29.4 Å². The first-order chi connectivity index (χ1) is 18.5. The van der Waals surface area contributed by atoms with E-state index in [1.165, 1.54) is 0 Å². The third-order valence-corrected chi connectivity index (χ3v) is 5.59. The van der Waals surface area contributed by atoms with Crippen LogP contribution in [0.15, 0.2) is 24.3 Å². The fourth-order valence-electron chi connectivity index (χ4n) is 3.28. The molecule has 214 valence electrons. The second kappa shape index (κ2) is 17.2. The van der Waals surface area contributed by atoms with Crippen LogP contribution in [-0.4, -0.2) is 82.7 Å². The lowest BCUT2D eigenvalue weighted by Crippen LogP contribution is -2.56. The molecule has 0 saturated carbocycles. The molecule has 1 aromatic rings. The van der Waals surface area contributed by atoms with E-state index in [9.17, 15) is 33.9 Å². The van der Waals surface area contributed by atoms with Crippen LogP contribution in [0, 0.1) is 5.41 Å². The predicted octanol–water partition coefficient (Wildman–Crippen LogP) is -2.32. The van der Waals surface area contributed by atoms with Gasteiger partial charge in [0.25, 0.3) is 0 Å². The first-order valence-electron chi connectivity index (χ1n) is 11.7. The van der Waals surface area contributed by atoms with Crippen LogP contribution in [0.2, 0.25) is 0 Å². The summed E-state index contributed by atoms with van der Waals surface area (Å²) in [5.74, 6) is -5.82. The highest BCUT2D eigenvalue weighted by molar-refractivity contribution is 7.80. The molecule has 0 bridgehead atoms. The van der Waals surface area contributed by atoms with E-state index >= 15 is 0 Å². The van der Waals surface area contributed by atoms with Gasteiger partial charge in [-0.2, -0.15) is 12.6 Å².